The largest absolute Gasteiger partial charge is 0.456 e. The topological polar surface area (TPSA) is 42.6 Å². The Labute approximate surface area is 564 Å². The minimum absolute atomic E-state index is 0.820. The van der Waals surface area contributed by atoms with Crippen LogP contribution in [-0.4, -0.2) is 9.13 Å². The molecular formula is C92H58N4O2. The first-order valence-corrected chi connectivity index (χ1v) is 33.5. The van der Waals surface area contributed by atoms with Gasteiger partial charge in [-0.2, -0.15) is 0 Å². The van der Waals surface area contributed by atoms with E-state index in [1.807, 2.05) is 6.07 Å². The van der Waals surface area contributed by atoms with Gasteiger partial charge in [0.25, 0.3) is 0 Å². The second-order valence-electron chi connectivity index (χ2n) is 25.4. The van der Waals surface area contributed by atoms with Crippen molar-refractivity contribution in [2.45, 2.75) is 0 Å². The van der Waals surface area contributed by atoms with Crippen molar-refractivity contribution >= 4 is 143 Å². The van der Waals surface area contributed by atoms with Crippen molar-refractivity contribution in [1.29, 1.82) is 0 Å². The quantitative estimate of drug-likeness (QED) is 0.129. The van der Waals surface area contributed by atoms with Crippen molar-refractivity contribution in [1.82, 2.24) is 9.13 Å². The highest BCUT2D eigenvalue weighted by Crippen LogP contribution is 2.52. The van der Waals surface area contributed by atoms with Crippen LogP contribution in [0.15, 0.2) is 361 Å². The first kappa shape index (κ1) is 55.3. The predicted octanol–water partition coefficient (Wildman–Crippen LogP) is 25.9. The Bertz CT molecular complexity index is 6530. The molecule has 0 radical (unpaired) electrons. The zero-order chi connectivity index (χ0) is 64.4. The van der Waals surface area contributed by atoms with E-state index < -0.39 is 0 Å². The normalized spacial score (nSPS) is 11.9. The summed E-state index contributed by atoms with van der Waals surface area (Å²) in [7, 11) is 0. The molecule has 20 rings (SSSR count). The molecule has 98 heavy (non-hydrogen) atoms. The second kappa shape index (κ2) is 22.2. The molecule has 0 fully saturated rings. The maximum absolute atomic E-state index is 7.30. The summed E-state index contributed by atoms with van der Waals surface area (Å²) in [5.74, 6) is 0. The van der Waals surface area contributed by atoms with E-state index in [0.717, 1.165) is 144 Å². The summed E-state index contributed by atoms with van der Waals surface area (Å²) in [5.41, 5.74) is 23.0. The van der Waals surface area contributed by atoms with E-state index in [1.165, 1.54) is 43.5 Å². The Balaban J connectivity index is 0.759. The lowest BCUT2D eigenvalue weighted by molar-refractivity contribution is 0.669. The molecule has 458 valence electrons. The fourth-order valence-corrected chi connectivity index (χ4v) is 15.9. The number of rotatable bonds is 11. The van der Waals surface area contributed by atoms with E-state index >= 15 is 0 Å². The molecule has 20 aromatic rings. The van der Waals surface area contributed by atoms with Gasteiger partial charge in [0.15, 0.2) is 0 Å². The van der Waals surface area contributed by atoms with Crippen molar-refractivity contribution in [2.24, 2.45) is 0 Å². The molecule has 0 atom stereocenters. The minimum Gasteiger partial charge on any atom is -0.456 e. The molecule has 6 heteroatoms. The van der Waals surface area contributed by atoms with Gasteiger partial charge in [-0.25, -0.2) is 0 Å². The third-order valence-corrected chi connectivity index (χ3v) is 20.1. The second-order valence-corrected chi connectivity index (χ2v) is 25.4. The van der Waals surface area contributed by atoms with Crippen LogP contribution in [0.1, 0.15) is 0 Å². The van der Waals surface area contributed by atoms with Crippen LogP contribution in [0.3, 0.4) is 0 Å². The van der Waals surface area contributed by atoms with Crippen LogP contribution in [0.4, 0.5) is 34.1 Å². The number of anilines is 6. The lowest BCUT2D eigenvalue weighted by atomic mass is 9.93. The number of nitrogens with zero attached hydrogens (tertiary/aromatic N) is 4. The summed E-state index contributed by atoms with van der Waals surface area (Å²) in [4.78, 5) is 4.92. The Hall–Kier alpha value is -13.2. The fourth-order valence-electron chi connectivity index (χ4n) is 15.9. The van der Waals surface area contributed by atoms with Crippen LogP contribution >= 0.6 is 0 Å². The van der Waals surface area contributed by atoms with Gasteiger partial charge in [0.1, 0.15) is 22.3 Å². The van der Waals surface area contributed by atoms with Crippen molar-refractivity contribution in [3.05, 3.63) is 352 Å². The average Bonchev–Trinajstić information content (AvgIpc) is 1.59. The lowest BCUT2D eigenvalue weighted by Gasteiger charge is -2.29. The first-order valence-electron chi connectivity index (χ1n) is 33.5. The van der Waals surface area contributed by atoms with Crippen molar-refractivity contribution < 1.29 is 8.83 Å². The Morgan fingerprint density at radius 3 is 1.32 bits per heavy atom. The van der Waals surface area contributed by atoms with Crippen LogP contribution in [-0.2, 0) is 0 Å². The van der Waals surface area contributed by atoms with Gasteiger partial charge in [-0.05, 0) is 143 Å². The lowest BCUT2D eigenvalue weighted by Crippen LogP contribution is -2.12. The minimum atomic E-state index is 0.820. The molecular weight excluding hydrogens is 1190 g/mol. The van der Waals surface area contributed by atoms with E-state index in [-0.39, 0.29) is 0 Å². The van der Waals surface area contributed by atoms with E-state index in [9.17, 15) is 0 Å². The highest BCUT2D eigenvalue weighted by atomic mass is 16.3. The van der Waals surface area contributed by atoms with Gasteiger partial charge in [0.2, 0.25) is 0 Å². The maximum atomic E-state index is 7.30. The molecule has 0 aliphatic rings. The van der Waals surface area contributed by atoms with Gasteiger partial charge in [-0.1, -0.05) is 237 Å². The summed E-state index contributed by atoms with van der Waals surface area (Å²) >= 11 is 0. The molecule has 16 aromatic carbocycles. The average molecular weight is 1250 g/mol. The number of aromatic nitrogens is 2. The monoisotopic (exact) mass is 1250 g/mol. The number of hydrogen-bond acceptors (Lipinski definition) is 4. The standard InChI is InChI=1S/C92H58N4O2/c1-2-26-60(27-3-1)93-84-46-16-10-33-72(84)78-58-63(56-57-86(78)93)96(79-47-18-25-59-24-4-5-28-64(59)79)83-45-15-9-32-71(83)74-39-23-51-89-91(74)77-41-20-40-75(92(77)98-89)66-35-19-37-67-65(66)36-21-48-85(67)95(62-54-52-61(53-55-62)94-80-42-12-6-29-68(80)69-30-7-13-43-81(69)94)82-44-14-8-31-70(82)73-38-22-50-88-90(73)76-34-11-17-49-87(76)97-88/h1-58H. The van der Waals surface area contributed by atoms with Gasteiger partial charge >= 0.3 is 0 Å². The summed E-state index contributed by atoms with van der Waals surface area (Å²) < 4.78 is 18.6. The highest BCUT2D eigenvalue weighted by molar-refractivity contribution is 6.20. The molecule has 0 amide bonds. The van der Waals surface area contributed by atoms with Crippen molar-refractivity contribution in [3.8, 4) is 44.8 Å². The van der Waals surface area contributed by atoms with Gasteiger partial charge in [0.05, 0.1) is 44.8 Å². The number of hydrogen-bond donors (Lipinski definition) is 0. The highest BCUT2D eigenvalue weighted by Gasteiger charge is 2.27. The number of benzene rings is 16. The molecule has 0 aliphatic carbocycles. The number of fused-ring (bicyclic) bond motifs is 14. The molecule has 0 saturated carbocycles. The Morgan fingerprint density at radius 2 is 0.622 bits per heavy atom. The van der Waals surface area contributed by atoms with Gasteiger partial charge < -0.3 is 27.8 Å². The van der Waals surface area contributed by atoms with E-state index in [4.69, 9.17) is 8.83 Å². The molecule has 0 aliphatic heterocycles. The van der Waals surface area contributed by atoms with Crippen LogP contribution in [0.2, 0.25) is 0 Å². The van der Waals surface area contributed by atoms with Crippen molar-refractivity contribution in [2.75, 3.05) is 9.80 Å². The van der Waals surface area contributed by atoms with E-state index in [0.29, 0.717) is 0 Å². The molecule has 4 aromatic heterocycles. The molecule has 0 unspecified atom stereocenters. The fraction of sp³-hybridized carbons (Fsp3) is 0. The van der Waals surface area contributed by atoms with E-state index in [2.05, 4.69) is 365 Å². The van der Waals surface area contributed by atoms with Crippen LogP contribution in [0.25, 0.3) is 154 Å². The van der Waals surface area contributed by atoms with Crippen LogP contribution in [0, 0.1) is 0 Å². The summed E-state index contributed by atoms with van der Waals surface area (Å²) in [5, 5.41) is 13.6. The molecule has 4 heterocycles. The number of para-hydroxylation sites is 8. The molecule has 0 saturated heterocycles. The van der Waals surface area contributed by atoms with Crippen LogP contribution < -0.4 is 9.80 Å². The Kier molecular flexibility index (Phi) is 12.6. The van der Waals surface area contributed by atoms with Gasteiger partial charge in [-0.3, -0.25) is 0 Å². The molecule has 0 spiro atoms. The third-order valence-electron chi connectivity index (χ3n) is 20.1. The summed E-state index contributed by atoms with van der Waals surface area (Å²) in [6.45, 7) is 0. The van der Waals surface area contributed by atoms with E-state index in [1.54, 1.807) is 0 Å². The first-order chi connectivity index (χ1) is 48.7. The predicted molar refractivity (Wildman–Crippen MR) is 410 cm³/mol. The summed E-state index contributed by atoms with van der Waals surface area (Å²) in [6, 6.07) is 127. The molecule has 0 N–H and O–H groups in total. The zero-order valence-electron chi connectivity index (χ0n) is 53.1. The molecule has 0 bridgehead atoms. The SMILES string of the molecule is c1ccc(-n2c3ccccc3c3cc(N(c4ccccc4-c4cccc5oc6c(-c7cccc8c(N(c9ccc(-n%10c%11ccccc%11c%11ccccc%11%10)cc9)c9ccccc9-c9cccc%10oc%11ccccc%11c9%10)cccc78)cccc6c45)c4cccc5ccccc45)ccc32)cc1. The third kappa shape index (κ3) is 8.54. The van der Waals surface area contributed by atoms with Gasteiger partial charge in [0, 0.05) is 93.3 Å². The zero-order valence-corrected chi connectivity index (χ0v) is 53.1. The van der Waals surface area contributed by atoms with Crippen LogP contribution in [0.5, 0.6) is 0 Å². The smallest absolute Gasteiger partial charge is 0.143 e. The van der Waals surface area contributed by atoms with Crippen molar-refractivity contribution in [3.63, 3.8) is 0 Å². The number of furan rings is 2. The Morgan fingerprint density at radius 1 is 0.214 bits per heavy atom. The molecule has 6 nitrogen and oxygen atoms in total. The summed E-state index contributed by atoms with van der Waals surface area (Å²) in [6.07, 6.45) is 0. The van der Waals surface area contributed by atoms with Gasteiger partial charge in [-0.15, -0.1) is 0 Å². The maximum Gasteiger partial charge on any atom is 0.143 e.